The number of aromatic nitrogens is 1. The standard InChI is InChI=1S/C20H22N3O3S/c1-23(19(12-8-14-22-19)16-11-6-7-13-21-16)17(24)20(26-2,27-18(23)25)15-9-4-3-5-10-15/h3-7,9-11,13,22H,8,12,14H2,1-2H3/q+1/t19-,20?,23?/m0/s1. The van der Waals surface area contributed by atoms with E-state index in [1.165, 1.54) is 7.11 Å². The van der Waals surface area contributed by atoms with Crippen LogP contribution in [0.3, 0.4) is 0 Å². The molecule has 3 heterocycles. The first-order chi connectivity index (χ1) is 13.0. The highest BCUT2D eigenvalue weighted by Gasteiger charge is 2.73. The van der Waals surface area contributed by atoms with E-state index < -0.39 is 15.1 Å². The number of methoxy groups -OCH3 is 1. The monoisotopic (exact) mass is 384 g/mol. The number of amides is 2. The van der Waals surface area contributed by atoms with Gasteiger partial charge in [0.05, 0.1) is 7.05 Å². The van der Waals surface area contributed by atoms with E-state index >= 15 is 0 Å². The molecule has 2 fully saturated rings. The van der Waals surface area contributed by atoms with Crippen molar-refractivity contribution in [2.75, 3.05) is 20.7 Å². The summed E-state index contributed by atoms with van der Waals surface area (Å²) in [6.45, 7) is 0.723. The van der Waals surface area contributed by atoms with Crippen LogP contribution in [-0.4, -0.2) is 41.3 Å². The average Bonchev–Trinajstić information content (AvgIpc) is 3.30. The number of nitrogens with zero attached hydrogens (tertiary/aromatic N) is 2. The Kier molecular flexibility index (Phi) is 4.43. The van der Waals surface area contributed by atoms with Gasteiger partial charge in [-0.1, -0.05) is 36.4 Å². The number of quaternary nitrogens is 1. The number of imide groups is 1. The Morgan fingerprint density at radius 2 is 1.89 bits per heavy atom. The first kappa shape index (κ1) is 18.3. The number of carbonyl (C=O) groups is 2. The van der Waals surface area contributed by atoms with Crippen LogP contribution in [0.15, 0.2) is 54.7 Å². The molecule has 27 heavy (non-hydrogen) atoms. The summed E-state index contributed by atoms with van der Waals surface area (Å²) in [7, 11) is 3.17. The van der Waals surface area contributed by atoms with Crippen molar-refractivity contribution in [3.8, 4) is 0 Å². The Hall–Kier alpha value is -2.06. The second kappa shape index (κ2) is 6.53. The normalized spacial score (nSPS) is 33.6. The number of carbonyl (C=O) groups excluding carboxylic acids is 2. The lowest BCUT2D eigenvalue weighted by molar-refractivity contribution is -0.819. The topological polar surface area (TPSA) is 68.3 Å². The Morgan fingerprint density at radius 1 is 1.15 bits per heavy atom. The van der Waals surface area contributed by atoms with Crippen molar-refractivity contribution >= 4 is 22.9 Å². The Bertz CT molecular complexity index is 871. The molecule has 4 rings (SSSR count). The molecule has 6 nitrogen and oxygen atoms in total. The number of nitrogens with one attached hydrogen (secondary N) is 1. The smallest absolute Gasteiger partial charge is 0.351 e. The molecule has 0 spiro atoms. The first-order valence-corrected chi connectivity index (χ1v) is 9.75. The lowest BCUT2D eigenvalue weighted by Gasteiger charge is -2.41. The Morgan fingerprint density at radius 3 is 2.48 bits per heavy atom. The van der Waals surface area contributed by atoms with E-state index in [2.05, 4.69) is 10.3 Å². The molecule has 140 valence electrons. The molecule has 2 saturated heterocycles. The molecule has 2 aliphatic rings. The van der Waals surface area contributed by atoms with Crippen molar-refractivity contribution < 1.29 is 18.8 Å². The van der Waals surface area contributed by atoms with Crippen molar-refractivity contribution in [2.45, 2.75) is 23.4 Å². The lowest BCUT2D eigenvalue weighted by atomic mass is 9.96. The van der Waals surface area contributed by atoms with Crippen molar-refractivity contribution in [2.24, 2.45) is 0 Å². The predicted octanol–water partition coefficient (Wildman–Crippen LogP) is 2.96. The molecule has 2 amide bonds. The van der Waals surface area contributed by atoms with Gasteiger partial charge in [-0.3, -0.25) is 10.3 Å². The number of rotatable bonds is 4. The molecular weight excluding hydrogens is 362 g/mol. The van der Waals surface area contributed by atoms with E-state index in [1.807, 2.05) is 48.5 Å². The van der Waals surface area contributed by atoms with Crippen molar-refractivity contribution in [3.63, 3.8) is 0 Å². The van der Waals surface area contributed by atoms with Crippen LogP contribution in [0.4, 0.5) is 4.79 Å². The fraction of sp³-hybridized carbons (Fsp3) is 0.350. The van der Waals surface area contributed by atoms with Gasteiger partial charge in [0.1, 0.15) is 5.69 Å². The van der Waals surface area contributed by atoms with Gasteiger partial charge in [0.25, 0.3) is 4.93 Å². The molecular formula is C20H22N3O3S+. The van der Waals surface area contributed by atoms with E-state index in [1.54, 1.807) is 13.2 Å². The maximum absolute atomic E-state index is 13.9. The summed E-state index contributed by atoms with van der Waals surface area (Å²) >= 11 is 0.955. The van der Waals surface area contributed by atoms with Crippen LogP contribution in [0.25, 0.3) is 0 Å². The van der Waals surface area contributed by atoms with Crippen molar-refractivity contribution in [1.82, 2.24) is 10.3 Å². The largest absolute Gasteiger partial charge is 0.388 e. The lowest BCUT2D eigenvalue weighted by Crippen LogP contribution is -2.68. The van der Waals surface area contributed by atoms with E-state index in [-0.39, 0.29) is 11.1 Å². The van der Waals surface area contributed by atoms with Crippen LogP contribution in [-0.2, 0) is 20.1 Å². The van der Waals surface area contributed by atoms with E-state index in [9.17, 15) is 9.59 Å². The summed E-state index contributed by atoms with van der Waals surface area (Å²) in [6.07, 6.45) is 3.20. The van der Waals surface area contributed by atoms with Gasteiger partial charge in [0, 0.05) is 43.6 Å². The number of benzene rings is 1. The SMILES string of the molecule is COC1(c2ccccc2)SC(=O)[N+](C)([C@]2(c3ccccn3)CCCN2)C1=O. The molecule has 7 heteroatoms. The quantitative estimate of drug-likeness (QED) is 0.818. The average molecular weight is 384 g/mol. The molecule has 2 aromatic rings. The molecule has 1 aromatic heterocycles. The van der Waals surface area contributed by atoms with E-state index in [0.29, 0.717) is 17.7 Å². The van der Waals surface area contributed by atoms with Crippen molar-refractivity contribution in [3.05, 3.63) is 66.0 Å². The zero-order chi connectivity index (χ0) is 19.1. The summed E-state index contributed by atoms with van der Waals surface area (Å²) in [5.74, 6) is -0.286. The summed E-state index contributed by atoms with van der Waals surface area (Å²) in [4.78, 5) is 30.4. The Balaban J connectivity index is 1.89. The maximum Gasteiger partial charge on any atom is 0.388 e. The van der Waals surface area contributed by atoms with E-state index in [4.69, 9.17) is 4.74 Å². The van der Waals surface area contributed by atoms with Crippen LogP contribution in [0, 0.1) is 0 Å². The third kappa shape index (κ3) is 2.36. The highest BCUT2D eigenvalue weighted by molar-refractivity contribution is 8.15. The fourth-order valence-corrected chi connectivity index (χ4v) is 5.49. The first-order valence-electron chi connectivity index (χ1n) is 8.94. The zero-order valence-corrected chi connectivity index (χ0v) is 16.2. The summed E-state index contributed by atoms with van der Waals surface area (Å²) in [5.41, 5.74) is 0.483. The minimum atomic E-state index is -1.36. The van der Waals surface area contributed by atoms with Crippen molar-refractivity contribution in [1.29, 1.82) is 0 Å². The van der Waals surface area contributed by atoms with Crippen LogP contribution >= 0.6 is 11.8 Å². The van der Waals surface area contributed by atoms with Crippen LogP contribution < -0.4 is 5.32 Å². The van der Waals surface area contributed by atoms with E-state index in [0.717, 1.165) is 24.7 Å². The van der Waals surface area contributed by atoms with Crippen LogP contribution in [0.2, 0.25) is 0 Å². The van der Waals surface area contributed by atoms with Gasteiger partial charge >= 0.3 is 11.1 Å². The summed E-state index contributed by atoms with van der Waals surface area (Å²) < 4.78 is 5.31. The van der Waals surface area contributed by atoms with Gasteiger partial charge in [-0.05, 0) is 18.6 Å². The number of likely N-dealkylation sites (N-methyl/N-ethyl adjacent to an activating group) is 1. The predicted molar refractivity (Wildman–Crippen MR) is 102 cm³/mol. The molecule has 1 aromatic carbocycles. The van der Waals surface area contributed by atoms with Gasteiger partial charge in [-0.2, -0.15) is 4.48 Å². The Labute approximate surface area is 162 Å². The third-order valence-corrected chi connectivity index (χ3v) is 7.11. The number of ether oxygens (including phenoxy) is 1. The zero-order valence-electron chi connectivity index (χ0n) is 15.3. The highest BCUT2D eigenvalue weighted by atomic mass is 32.2. The van der Waals surface area contributed by atoms with Gasteiger partial charge < -0.3 is 4.74 Å². The molecule has 1 N–H and O–H groups in total. The highest BCUT2D eigenvalue weighted by Crippen LogP contribution is 2.55. The fourth-order valence-electron chi connectivity index (χ4n) is 4.22. The molecule has 2 unspecified atom stereocenters. The van der Waals surface area contributed by atoms with Gasteiger partial charge in [-0.25, -0.2) is 9.59 Å². The van der Waals surface area contributed by atoms with Gasteiger partial charge in [-0.15, -0.1) is 0 Å². The van der Waals surface area contributed by atoms with Gasteiger partial charge in [0.2, 0.25) is 5.66 Å². The summed E-state index contributed by atoms with van der Waals surface area (Å²) in [5, 5.41) is 3.20. The minimum Gasteiger partial charge on any atom is -0.351 e. The summed E-state index contributed by atoms with van der Waals surface area (Å²) in [6, 6.07) is 14.8. The third-order valence-electron chi connectivity index (χ3n) is 5.71. The molecule has 0 bridgehead atoms. The van der Waals surface area contributed by atoms with Crippen LogP contribution in [0.1, 0.15) is 24.1 Å². The molecule has 0 aliphatic carbocycles. The number of pyridine rings is 1. The number of hydrogen-bond acceptors (Lipinski definition) is 6. The maximum atomic E-state index is 13.9. The minimum absolute atomic E-state index is 0.245. The molecule has 2 aliphatic heterocycles. The number of hydrogen-bond donors (Lipinski definition) is 1. The second-order valence-electron chi connectivity index (χ2n) is 6.97. The molecule has 0 saturated carbocycles. The van der Waals surface area contributed by atoms with Crippen LogP contribution in [0.5, 0.6) is 0 Å². The number of thioether (sulfide) groups is 1. The molecule has 0 radical (unpaired) electrons. The molecule has 3 atom stereocenters. The van der Waals surface area contributed by atoms with Gasteiger partial charge in [0.15, 0.2) is 0 Å². The second-order valence-corrected chi connectivity index (χ2v) is 8.10.